The van der Waals surface area contributed by atoms with Crippen LogP contribution in [0.5, 0.6) is 0 Å². The highest BCUT2D eigenvalue weighted by Gasteiger charge is 2.47. The number of carbonyl (C=O) groups is 1. The average molecular weight is 185 g/mol. The van der Waals surface area contributed by atoms with Crippen molar-refractivity contribution in [3.63, 3.8) is 0 Å². The number of alkyl halides is 1. The van der Waals surface area contributed by atoms with Crippen molar-refractivity contribution in [2.45, 2.75) is 31.1 Å². The molecule has 0 spiro atoms. The Balaban J connectivity index is 2.05. The number of fused-ring (bicyclic) bond motifs is 1. The molecule has 1 saturated carbocycles. The fourth-order valence-electron chi connectivity index (χ4n) is 2.22. The van der Waals surface area contributed by atoms with Crippen molar-refractivity contribution in [3.05, 3.63) is 12.2 Å². The Morgan fingerprint density at radius 3 is 2.67 bits per heavy atom. The van der Waals surface area contributed by atoms with Crippen molar-refractivity contribution in [1.29, 1.82) is 0 Å². The van der Waals surface area contributed by atoms with Crippen LogP contribution in [-0.2, 0) is 4.79 Å². The Bertz CT molecular complexity index is 222. The molecule has 2 aliphatic carbocycles. The third-order valence-corrected chi connectivity index (χ3v) is 3.55. The number of rotatable bonds is 0. The Labute approximate surface area is 77.8 Å². The zero-order chi connectivity index (χ0) is 8.55. The van der Waals surface area contributed by atoms with E-state index in [1.807, 2.05) is 0 Å². The second-order valence-corrected chi connectivity index (χ2v) is 4.17. The largest absolute Gasteiger partial charge is 0.298 e. The molecule has 0 aliphatic heterocycles. The summed E-state index contributed by atoms with van der Waals surface area (Å²) in [5.74, 6) is 1.05. The molecular formula is C10H13ClO. The Morgan fingerprint density at radius 2 is 1.92 bits per heavy atom. The van der Waals surface area contributed by atoms with Crippen LogP contribution in [-0.4, -0.2) is 11.2 Å². The molecule has 0 saturated heterocycles. The molecule has 66 valence electrons. The molecule has 0 aromatic carbocycles. The van der Waals surface area contributed by atoms with Crippen LogP contribution >= 0.6 is 11.6 Å². The molecule has 1 nitrogen and oxygen atoms in total. The molecule has 1 fully saturated rings. The van der Waals surface area contributed by atoms with Gasteiger partial charge in [-0.1, -0.05) is 12.2 Å². The van der Waals surface area contributed by atoms with E-state index in [1.54, 1.807) is 0 Å². The quantitative estimate of drug-likeness (QED) is 0.418. The molecule has 0 N–H and O–H groups in total. The maximum atomic E-state index is 11.3. The maximum Gasteiger partial charge on any atom is 0.154 e. The van der Waals surface area contributed by atoms with Crippen molar-refractivity contribution in [3.8, 4) is 0 Å². The SMILES string of the molecule is O=C1C(Cl)C2CC/C=C\CCC12. The summed E-state index contributed by atoms with van der Waals surface area (Å²) in [5, 5.41) is -0.165. The van der Waals surface area contributed by atoms with E-state index in [2.05, 4.69) is 12.2 Å². The number of halogens is 1. The monoisotopic (exact) mass is 184 g/mol. The summed E-state index contributed by atoms with van der Waals surface area (Å²) in [4.78, 5) is 11.3. The number of ketones is 1. The van der Waals surface area contributed by atoms with Crippen molar-refractivity contribution in [2.75, 3.05) is 0 Å². The van der Waals surface area contributed by atoms with Crippen molar-refractivity contribution in [2.24, 2.45) is 11.8 Å². The predicted molar refractivity (Wildman–Crippen MR) is 49.2 cm³/mol. The molecule has 0 bridgehead atoms. The lowest BCUT2D eigenvalue weighted by Gasteiger charge is -2.40. The molecular weight excluding hydrogens is 172 g/mol. The molecule has 0 heterocycles. The van der Waals surface area contributed by atoms with E-state index in [0.717, 1.165) is 25.7 Å². The Morgan fingerprint density at radius 1 is 1.25 bits per heavy atom. The van der Waals surface area contributed by atoms with Crippen molar-refractivity contribution >= 4 is 17.4 Å². The number of allylic oxidation sites excluding steroid dienone is 2. The van der Waals surface area contributed by atoms with Gasteiger partial charge in [0.05, 0.1) is 5.38 Å². The Hall–Kier alpha value is -0.300. The van der Waals surface area contributed by atoms with Gasteiger partial charge >= 0.3 is 0 Å². The van der Waals surface area contributed by atoms with E-state index < -0.39 is 0 Å². The number of hydrogen-bond donors (Lipinski definition) is 0. The summed E-state index contributed by atoms with van der Waals surface area (Å²) < 4.78 is 0. The third-order valence-electron chi connectivity index (χ3n) is 3.01. The third kappa shape index (κ3) is 1.20. The minimum atomic E-state index is -0.165. The molecule has 0 amide bonds. The minimum Gasteiger partial charge on any atom is -0.298 e. The summed E-state index contributed by atoms with van der Waals surface area (Å²) in [6.45, 7) is 0. The van der Waals surface area contributed by atoms with Gasteiger partial charge in [-0.2, -0.15) is 0 Å². The highest BCUT2D eigenvalue weighted by Crippen LogP contribution is 2.42. The minimum absolute atomic E-state index is 0.165. The van der Waals surface area contributed by atoms with E-state index in [0.29, 0.717) is 5.92 Å². The summed E-state index contributed by atoms with van der Waals surface area (Å²) in [5.41, 5.74) is 0. The van der Waals surface area contributed by atoms with E-state index in [1.165, 1.54) is 0 Å². The maximum absolute atomic E-state index is 11.3. The van der Waals surface area contributed by atoms with Gasteiger partial charge in [-0.15, -0.1) is 11.6 Å². The molecule has 0 aromatic heterocycles. The van der Waals surface area contributed by atoms with Crippen LogP contribution in [0.3, 0.4) is 0 Å². The predicted octanol–water partition coefficient (Wildman–Crippen LogP) is 2.54. The molecule has 0 radical (unpaired) electrons. The topological polar surface area (TPSA) is 17.1 Å². The lowest BCUT2D eigenvalue weighted by atomic mass is 9.67. The van der Waals surface area contributed by atoms with Gasteiger partial charge in [0.1, 0.15) is 0 Å². The van der Waals surface area contributed by atoms with Crippen LogP contribution in [0.25, 0.3) is 0 Å². The summed E-state index contributed by atoms with van der Waals surface area (Å²) in [6.07, 6.45) is 8.66. The first-order valence-corrected chi connectivity index (χ1v) is 5.07. The van der Waals surface area contributed by atoms with Gasteiger partial charge in [-0.05, 0) is 31.6 Å². The van der Waals surface area contributed by atoms with Crippen LogP contribution < -0.4 is 0 Å². The smallest absolute Gasteiger partial charge is 0.154 e. The summed E-state index contributed by atoms with van der Waals surface area (Å²) in [7, 11) is 0. The van der Waals surface area contributed by atoms with Gasteiger partial charge in [0, 0.05) is 5.92 Å². The van der Waals surface area contributed by atoms with E-state index in [9.17, 15) is 4.79 Å². The summed E-state index contributed by atoms with van der Waals surface area (Å²) >= 11 is 5.93. The normalized spacial score (nSPS) is 43.8. The molecule has 2 aliphatic rings. The van der Waals surface area contributed by atoms with Crippen LogP contribution in [0.2, 0.25) is 0 Å². The second kappa shape index (κ2) is 3.21. The van der Waals surface area contributed by atoms with Crippen molar-refractivity contribution < 1.29 is 4.79 Å². The van der Waals surface area contributed by atoms with Gasteiger partial charge < -0.3 is 0 Å². The highest BCUT2D eigenvalue weighted by atomic mass is 35.5. The van der Waals surface area contributed by atoms with Gasteiger partial charge in [-0.3, -0.25) is 4.79 Å². The molecule has 0 aromatic rings. The molecule has 2 heteroatoms. The molecule has 12 heavy (non-hydrogen) atoms. The summed E-state index contributed by atoms with van der Waals surface area (Å²) in [6, 6.07) is 0. The fourth-order valence-corrected chi connectivity index (χ4v) is 2.68. The Kier molecular flexibility index (Phi) is 2.22. The van der Waals surface area contributed by atoms with E-state index in [-0.39, 0.29) is 17.1 Å². The van der Waals surface area contributed by atoms with Crippen molar-refractivity contribution in [1.82, 2.24) is 0 Å². The lowest BCUT2D eigenvalue weighted by molar-refractivity contribution is -0.134. The van der Waals surface area contributed by atoms with Crippen LogP contribution in [0.1, 0.15) is 25.7 Å². The molecule has 3 atom stereocenters. The van der Waals surface area contributed by atoms with Gasteiger partial charge in [-0.25, -0.2) is 0 Å². The average Bonchev–Trinajstić information content (AvgIpc) is 2.04. The molecule has 2 rings (SSSR count). The number of Topliss-reactive ketones (excluding diaryl/α,β-unsaturated/α-hetero) is 1. The van der Waals surface area contributed by atoms with Gasteiger partial charge in [0.15, 0.2) is 5.78 Å². The molecule has 3 unspecified atom stereocenters. The van der Waals surface area contributed by atoms with Crippen LogP contribution in [0.4, 0.5) is 0 Å². The first-order valence-electron chi connectivity index (χ1n) is 4.63. The first-order chi connectivity index (χ1) is 5.80. The van der Waals surface area contributed by atoms with Gasteiger partial charge in [0.25, 0.3) is 0 Å². The standard InChI is InChI=1S/C10H13ClO/c11-9-7-5-3-1-2-4-6-8(7)10(9)12/h1-2,7-9H,3-6H2/b2-1-. The zero-order valence-electron chi connectivity index (χ0n) is 7.00. The second-order valence-electron chi connectivity index (χ2n) is 3.70. The first kappa shape index (κ1) is 8.31. The number of carbonyl (C=O) groups excluding carboxylic acids is 1. The van der Waals surface area contributed by atoms with E-state index in [4.69, 9.17) is 11.6 Å². The van der Waals surface area contributed by atoms with E-state index >= 15 is 0 Å². The zero-order valence-corrected chi connectivity index (χ0v) is 7.76. The highest BCUT2D eigenvalue weighted by molar-refractivity contribution is 6.34. The van der Waals surface area contributed by atoms with Crippen LogP contribution in [0.15, 0.2) is 12.2 Å². The van der Waals surface area contributed by atoms with Gasteiger partial charge in [0.2, 0.25) is 0 Å². The lowest BCUT2D eigenvalue weighted by Crippen LogP contribution is -2.48. The van der Waals surface area contributed by atoms with Crippen LogP contribution in [0, 0.1) is 11.8 Å². The fraction of sp³-hybridized carbons (Fsp3) is 0.700. The number of hydrogen-bond acceptors (Lipinski definition) is 1.